The van der Waals surface area contributed by atoms with E-state index in [9.17, 15) is 9.59 Å². The van der Waals surface area contributed by atoms with Gasteiger partial charge in [-0.05, 0) is 37.8 Å². The molecule has 6 heteroatoms. The molecule has 22 heavy (non-hydrogen) atoms. The molecule has 0 unspecified atom stereocenters. The van der Waals surface area contributed by atoms with Gasteiger partial charge in [0.25, 0.3) is 0 Å². The normalized spacial score (nSPS) is 31.5. The first kappa shape index (κ1) is 18.9. The van der Waals surface area contributed by atoms with Crippen molar-refractivity contribution in [2.24, 2.45) is 23.7 Å². The molecular formula is C16H30N2O4. The summed E-state index contributed by atoms with van der Waals surface area (Å²) in [5, 5.41) is 6.36. The van der Waals surface area contributed by atoms with Crippen LogP contribution in [0.5, 0.6) is 0 Å². The number of hydrogen-bond acceptors (Lipinski definition) is 6. The molecular weight excluding hydrogens is 284 g/mol. The highest BCUT2D eigenvalue weighted by Crippen LogP contribution is 2.19. The molecule has 0 aliphatic carbocycles. The van der Waals surface area contributed by atoms with Gasteiger partial charge in [0.15, 0.2) is 0 Å². The summed E-state index contributed by atoms with van der Waals surface area (Å²) in [4.78, 5) is 22.2. The lowest BCUT2D eigenvalue weighted by molar-refractivity contribution is -0.148. The molecule has 0 radical (unpaired) electrons. The molecule has 6 nitrogen and oxygen atoms in total. The number of methoxy groups -OCH3 is 2. The van der Waals surface area contributed by atoms with Crippen LogP contribution in [0.3, 0.4) is 0 Å². The Labute approximate surface area is 133 Å². The highest BCUT2D eigenvalue weighted by Gasteiger charge is 2.28. The highest BCUT2D eigenvalue weighted by molar-refractivity contribution is 5.73. The molecule has 0 aromatic heterocycles. The minimum absolute atomic E-state index is 0.0637. The molecule has 2 rings (SSSR count). The Bertz CT molecular complexity index is 328. The van der Waals surface area contributed by atoms with E-state index in [4.69, 9.17) is 0 Å². The van der Waals surface area contributed by atoms with Gasteiger partial charge < -0.3 is 20.1 Å². The zero-order valence-electron chi connectivity index (χ0n) is 14.2. The third kappa shape index (κ3) is 5.57. The number of ether oxygens (including phenoxy) is 2. The first-order valence-electron chi connectivity index (χ1n) is 8.08. The highest BCUT2D eigenvalue weighted by atomic mass is 16.5. The average Bonchev–Trinajstić information content (AvgIpc) is 2.55. The van der Waals surface area contributed by atoms with E-state index in [1.165, 1.54) is 14.2 Å². The number of piperidine rings is 2. The number of carbonyl (C=O) groups excluding carboxylic acids is 2. The molecule has 128 valence electrons. The SMILES string of the molecule is COC(=O)[C@@H]1CNCC[C@H]1C.COC(=O)[C@H]1CNCC[C@@H]1C. The molecule has 0 aromatic rings. The Morgan fingerprint density at radius 3 is 1.45 bits per heavy atom. The van der Waals surface area contributed by atoms with Crippen molar-refractivity contribution in [2.45, 2.75) is 26.7 Å². The predicted molar refractivity (Wildman–Crippen MR) is 84.3 cm³/mol. The predicted octanol–water partition coefficient (Wildman–Crippen LogP) is 0.810. The van der Waals surface area contributed by atoms with E-state index in [0.29, 0.717) is 11.8 Å². The van der Waals surface area contributed by atoms with E-state index in [2.05, 4.69) is 34.0 Å². The third-order valence-electron chi connectivity index (χ3n) is 4.66. The van der Waals surface area contributed by atoms with Gasteiger partial charge in [-0.3, -0.25) is 9.59 Å². The topological polar surface area (TPSA) is 76.7 Å². The number of rotatable bonds is 2. The molecule has 4 atom stereocenters. The summed E-state index contributed by atoms with van der Waals surface area (Å²) in [5.41, 5.74) is 0. The van der Waals surface area contributed by atoms with E-state index in [1.54, 1.807) is 0 Å². The van der Waals surface area contributed by atoms with Crippen molar-refractivity contribution in [3.8, 4) is 0 Å². The molecule has 0 saturated carbocycles. The molecule has 2 N–H and O–H groups in total. The zero-order chi connectivity index (χ0) is 16.5. The molecule has 2 aliphatic rings. The Morgan fingerprint density at radius 2 is 1.18 bits per heavy atom. The Morgan fingerprint density at radius 1 is 0.818 bits per heavy atom. The van der Waals surface area contributed by atoms with Crippen molar-refractivity contribution in [3.63, 3.8) is 0 Å². The molecule has 2 aliphatic heterocycles. The maximum absolute atomic E-state index is 11.1. The fourth-order valence-corrected chi connectivity index (χ4v) is 2.91. The number of carbonyl (C=O) groups is 2. The Hall–Kier alpha value is -1.14. The van der Waals surface area contributed by atoms with Crippen LogP contribution in [-0.2, 0) is 19.1 Å². The van der Waals surface area contributed by atoms with Crippen LogP contribution in [0, 0.1) is 23.7 Å². The average molecular weight is 314 g/mol. The minimum atomic E-state index is -0.0790. The second kappa shape index (κ2) is 9.79. The molecule has 2 heterocycles. The largest absolute Gasteiger partial charge is 0.469 e. The van der Waals surface area contributed by atoms with E-state index in [1.807, 2.05) is 0 Å². The van der Waals surface area contributed by atoms with Crippen molar-refractivity contribution >= 4 is 11.9 Å². The third-order valence-corrected chi connectivity index (χ3v) is 4.66. The summed E-state index contributed by atoms with van der Waals surface area (Å²) in [7, 11) is 2.90. The van der Waals surface area contributed by atoms with E-state index in [0.717, 1.165) is 39.0 Å². The summed E-state index contributed by atoms with van der Waals surface area (Å²) in [5.74, 6) is 0.893. The minimum Gasteiger partial charge on any atom is -0.469 e. The van der Waals surface area contributed by atoms with Gasteiger partial charge in [0, 0.05) is 13.1 Å². The number of esters is 2. The summed E-state index contributed by atoms with van der Waals surface area (Å²) in [6.45, 7) is 7.79. The van der Waals surface area contributed by atoms with Gasteiger partial charge >= 0.3 is 11.9 Å². The van der Waals surface area contributed by atoms with Crippen molar-refractivity contribution in [3.05, 3.63) is 0 Å². The summed E-state index contributed by atoms with van der Waals surface area (Å²) < 4.78 is 9.36. The lowest BCUT2D eigenvalue weighted by Gasteiger charge is -2.26. The molecule has 0 amide bonds. The molecule has 2 fully saturated rings. The molecule has 0 spiro atoms. The molecule has 2 saturated heterocycles. The summed E-state index contributed by atoms with van der Waals surface area (Å²) in [6.07, 6.45) is 2.14. The van der Waals surface area contributed by atoms with Crippen LogP contribution in [-0.4, -0.2) is 52.3 Å². The van der Waals surface area contributed by atoms with Crippen LogP contribution in [0.4, 0.5) is 0 Å². The van der Waals surface area contributed by atoms with Crippen LogP contribution >= 0.6 is 0 Å². The maximum Gasteiger partial charge on any atom is 0.310 e. The van der Waals surface area contributed by atoms with Crippen LogP contribution in [0.2, 0.25) is 0 Å². The van der Waals surface area contributed by atoms with Gasteiger partial charge in [0.1, 0.15) is 0 Å². The maximum atomic E-state index is 11.1. The standard InChI is InChI=1S/2C8H15NO2/c2*1-6-3-4-9-5-7(6)8(10)11-2/h2*6-7,9H,3-5H2,1-2H3/t2*6-,7-/m10/s1. The number of hydrogen-bond donors (Lipinski definition) is 2. The van der Waals surface area contributed by atoms with Gasteiger partial charge in [0.05, 0.1) is 26.1 Å². The van der Waals surface area contributed by atoms with E-state index >= 15 is 0 Å². The van der Waals surface area contributed by atoms with Crippen molar-refractivity contribution in [2.75, 3.05) is 40.4 Å². The van der Waals surface area contributed by atoms with Gasteiger partial charge in [-0.1, -0.05) is 13.8 Å². The van der Waals surface area contributed by atoms with Gasteiger partial charge in [-0.25, -0.2) is 0 Å². The fraction of sp³-hybridized carbons (Fsp3) is 0.875. The molecule has 0 aromatic carbocycles. The van der Waals surface area contributed by atoms with Gasteiger partial charge in [-0.2, -0.15) is 0 Å². The Balaban J connectivity index is 0.000000220. The second-order valence-corrected chi connectivity index (χ2v) is 6.20. The molecule has 0 bridgehead atoms. The monoisotopic (exact) mass is 314 g/mol. The van der Waals surface area contributed by atoms with Crippen LogP contribution < -0.4 is 10.6 Å². The zero-order valence-corrected chi connectivity index (χ0v) is 14.2. The van der Waals surface area contributed by atoms with Crippen molar-refractivity contribution < 1.29 is 19.1 Å². The van der Waals surface area contributed by atoms with Crippen molar-refractivity contribution in [1.29, 1.82) is 0 Å². The number of nitrogens with one attached hydrogen (secondary N) is 2. The Kier molecular flexibility index (Phi) is 8.42. The van der Waals surface area contributed by atoms with Gasteiger partial charge in [0.2, 0.25) is 0 Å². The first-order chi connectivity index (χ1) is 10.5. The second-order valence-electron chi connectivity index (χ2n) is 6.20. The van der Waals surface area contributed by atoms with Gasteiger partial charge in [-0.15, -0.1) is 0 Å². The van der Waals surface area contributed by atoms with E-state index in [-0.39, 0.29) is 23.8 Å². The summed E-state index contributed by atoms with van der Waals surface area (Å²) in [6, 6.07) is 0. The van der Waals surface area contributed by atoms with Crippen LogP contribution in [0.25, 0.3) is 0 Å². The van der Waals surface area contributed by atoms with E-state index < -0.39 is 0 Å². The lowest BCUT2D eigenvalue weighted by atomic mass is 9.88. The smallest absolute Gasteiger partial charge is 0.310 e. The fourth-order valence-electron chi connectivity index (χ4n) is 2.91. The van der Waals surface area contributed by atoms with Crippen LogP contribution in [0.15, 0.2) is 0 Å². The quantitative estimate of drug-likeness (QED) is 0.735. The first-order valence-corrected chi connectivity index (χ1v) is 8.08. The summed E-state index contributed by atoms with van der Waals surface area (Å²) >= 11 is 0. The van der Waals surface area contributed by atoms with Crippen molar-refractivity contribution in [1.82, 2.24) is 10.6 Å². The van der Waals surface area contributed by atoms with Crippen LogP contribution in [0.1, 0.15) is 26.7 Å². The lowest BCUT2D eigenvalue weighted by Crippen LogP contribution is -2.40.